The van der Waals surface area contributed by atoms with Gasteiger partial charge >= 0.3 is 10.2 Å². The number of benzene rings is 3. The van der Waals surface area contributed by atoms with Gasteiger partial charge in [0, 0.05) is 9.81 Å². The molecule has 3 aromatic rings. The molecule has 0 saturated carbocycles. The molecule has 1 N–H and O–H groups in total. The van der Waals surface area contributed by atoms with Crippen molar-refractivity contribution < 1.29 is 27.1 Å². The molecule has 0 aliphatic carbocycles. The Labute approximate surface area is 231 Å². The molecule has 1 fully saturated rings. The summed E-state index contributed by atoms with van der Waals surface area (Å²) in [5.41, 5.74) is 0.516. The average Bonchev–Trinajstić information content (AvgIpc) is 3.13. The number of alkyl halides is 1. The number of rotatable bonds is 8. The fourth-order valence-electron chi connectivity index (χ4n) is 3.37. The SMILES string of the molecule is CC(C)CI.CC(C)COc1ccc2cc(OCc3ccccc3)c(N3CC(=O)NS3(=O)=O)c(F)c2c1. The molecule has 0 radical (unpaired) electrons. The summed E-state index contributed by atoms with van der Waals surface area (Å²) < 4.78 is 56.1. The molecule has 0 unspecified atom stereocenters. The van der Waals surface area contributed by atoms with Crippen molar-refractivity contribution in [3.63, 3.8) is 0 Å². The van der Waals surface area contributed by atoms with Crippen LogP contribution in [0.15, 0.2) is 54.6 Å². The smallest absolute Gasteiger partial charge is 0.326 e. The summed E-state index contributed by atoms with van der Waals surface area (Å²) in [5, 5.41) is 0.685. The number of amides is 1. The van der Waals surface area contributed by atoms with E-state index in [0.29, 0.717) is 22.0 Å². The minimum absolute atomic E-state index is 0.0229. The van der Waals surface area contributed by atoms with Gasteiger partial charge in [0.1, 0.15) is 30.3 Å². The minimum Gasteiger partial charge on any atom is -0.493 e. The Hall–Kier alpha value is -2.60. The Kier molecular flexibility index (Phi) is 10.00. The highest BCUT2D eigenvalue weighted by molar-refractivity contribution is 14.1. The molecule has 37 heavy (non-hydrogen) atoms. The number of halogens is 2. The molecular weight excluding hydrogens is 610 g/mol. The Morgan fingerprint density at radius 3 is 2.27 bits per heavy atom. The molecule has 0 aromatic heterocycles. The number of nitrogens with one attached hydrogen (secondary N) is 1. The first-order valence-corrected chi connectivity index (χ1v) is 14.9. The molecule has 4 rings (SSSR count). The van der Waals surface area contributed by atoms with Crippen molar-refractivity contribution >= 4 is 55.2 Å². The molecule has 1 aliphatic heterocycles. The maximum Gasteiger partial charge on any atom is 0.326 e. The molecule has 1 saturated heterocycles. The van der Waals surface area contributed by atoms with Crippen LogP contribution in [-0.4, -0.2) is 31.9 Å². The summed E-state index contributed by atoms with van der Waals surface area (Å²) >= 11 is 2.38. The van der Waals surface area contributed by atoms with E-state index in [1.165, 1.54) is 10.5 Å². The van der Waals surface area contributed by atoms with E-state index in [2.05, 4.69) is 36.4 Å². The van der Waals surface area contributed by atoms with Crippen LogP contribution in [0.5, 0.6) is 11.5 Å². The number of anilines is 1. The van der Waals surface area contributed by atoms with Crippen LogP contribution in [0.3, 0.4) is 0 Å². The van der Waals surface area contributed by atoms with Gasteiger partial charge in [-0.1, -0.05) is 86.7 Å². The van der Waals surface area contributed by atoms with Crippen LogP contribution in [0, 0.1) is 17.7 Å². The number of hydrogen-bond acceptors (Lipinski definition) is 5. The molecule has 0 atom stereocenters. The van der Waals surface area contributed by atoms with Crippen LogP contribution in [0.4, 0.5) is 10.1 Å². The summed E-state index contributed by atoms with van der Waals surface area (Å²) in [6.45, 7) is 8.45. The second-order valence-corrected chi connectivity index (χ2v) is 12.0. The molecule has 0 spiro atoms. The molecule has 0 bridgehead atoms. The van der Waals surface area contributed by atoms with Crippen molar-refractivity contribution in [2.45, 2.75) is 34.3 Å². The molecule has 200 valence electrons. The van der Waals surface area contributed by atoms with E-state index in [0.717, 1.165) is 11.5 Å². The van der Waals surface area contributed by atoms with E-state index in [-0.39, 0.29) is 29.3 Å². The maximum absolute atomic E-state index is 15.8. The number of fused-ring (bicyclic) bond motifs is 1. The van der Waals surface area contributed by atoms with Gasteiger partial charge in [0.05, 0.1) is 6.61 Å². The van der Waals surface area contributed by atoms with E-state index < -0.39 is 28.5 Å². The highest BCUT2D eigenvalue weighted by Crippen LogP contribution is 2.40. The average molecular weight is 643 g/mol. The standard InChI is InChI=1S/C23H23FN2O5S.C4H9I/c1-15(2)13-30-18-9-8-17-10-20(31-14-16-6-4-3-5-7-16)23(22(24)19(17)11-18)26-12-21(27)25-32(26,28)29;1-4(2)3-5/h3-11,15H,12-14H2,1-2H3,(H,25,27);4H,3H2,1-2H3. The summed E-state index contributed by atoms with van der Waals surface area (Å²) in [6, 6.07) is 15.7. The van der Waals surface area contributed by atoms with Crippen LogP contribution in [-0.2, 0) is 21.6 Å². The van der Waals surface area contributed by atoms with Crippen molar-refractivity contribution in [2.75, 3.05) is 21.9 Å². The molecule has 1 heterocycles. The summed E-state index contributed by atoms with van der Waals surface area (Å²) in [5.74, 6) is 0.0951. The predicted octanol–water partition coefficient (Wildman–Crippen LogP) is 5.85. The first kappa shape index (κ1) is 29.0. The Morgan fingerprint density at radius 2 is 1.70 bits per heavy atom. The van der Waals surface area contributed by atoms with Gasteiger partial charge in [-0.05, 0) is 41.0 Å². The van der Waals surface area contributed by atoms with Gasteiger partial charge in [-0.25, -0.2) is 13.4 Å². The van der Waals surface area contributed by atoms with Gasteiger partial charge in [0.15, 0.2) is 5.82 Å². The van der Waals surface area contributed by atoms with Gasteiger partial charge in [0.25, 0.3) is 5.91 Å². The maximum atomic E-state index is 15.8. The Morgan fingerprint density at radius 1 is 1.03 bits per heavy atom. The summed E-state index contributed by atoms with van der Waals surface area (Å²) in [4.78, 5) is 11.8. The number of hydrogen-bond donors (Lipinski definition) is 1. The number of ether oxygens (including phenoxy) is 2. The largest absolute Gasteiger partial charge is 0.493 e. The zero-order chi connectivity index (χ0) is 27.2. The topological polar surface area (TPSA) is 84.9 Å². The van der Waals surface area contributed by atoms with Crippen molar-refractivity contribution in [3.8, 4) is 11.5 Å². The van der Waals surface area contributed by atoms with E-state index in [1.807, 2.05) is 48.9 Å². The highest BCUT2D eigenvalue weighted by atomic mass is 127. The second kappa shape index (κ2) is 12.8. The first-order chi connectivity index (χ1) is 17.5. The number of carbonyl (C=O) groups is 1. The fraction of sp³-hybridized carbons (Fsp3) is 0.370. The summed E-state index contributed by atoms with van der Waals surface area (Å²) in [7, 11) is -4.23. The third-order valence-electron chi connectivity index (χ3n) is 5.19. The number of carbonyl (C=O) groups excluding carboxylic acids is 1. The zero-order valence-corrected chi connectivity index (χ0v) is 24.3. The van der Waals surface area contributed by atoms with Gasteiger partial charge < -0.3 is 9.47 Å². The first-order valence-electron chi connectivity index (χ1n) is 12.0. The van der Waals surface area contributed by atoms with E-state index in [1.54, 1.807) is 18.2 Å². The molecule has 10 heteroatoms. The second-order valence-electron chi connectivity index (χ2n) is 9.48. The normalized spacial score (nSPS) is 14.5. The minimum atomic E-state index is -4.23. The zero-order valence-electron chi connectivity index (χ0n) is 21.3. The predicted molar refractivity (Wildman–Crippen MR) is 153 cm³/mol. The van der Waals surface area contributed by atoms with Gasteiger partial charge in [-0.15, -0.1) is 0 Å². The van der Waals surface area contributed by atoms with Crippen molar-refractivity contribution in [1.82, 2.24) is 4.72 Å². The van der Waals surface area contributed by atoms with Crippen molar-refractivity contribution in [3.05, 3.63) is 66.0 Å². The monoisotopic (exact) mass is 642 g/mol. The van der Waals surface area contributed by atoms with Crippen LogP contribution < -0.4 is 18.5 Å². The Balaban J connectivity index is 0.000000695. The van der Waals surface area contributed by atoms with Gasteiger partial charge in [-0.3, -0.25) is 4.79 Å². The molecule has 1 aliphatic rings. The lowest BCUT2D eigenvalue weighted by molar-refractivity contribution is -0.117. The Bertz CT molecular complexity index is 1330. The van der Waals surface area contributed by atoms with Gasteiger partial charge in [0.2, 0.25) is 0 Å². The quantitative estimate of drug-likeness (QED) is 0.246. The molecule has 1 amide bonds. The van der Waals surface area contributed by atoms with Crippen molar-refractivity contribution in [2.24, 2.45) is 11.8 Å². The van der Waals surface area contributed by atoms with E-state index >= 15 is 4.39 Å². The lowest BCUT2D eigenvalue weighted by Gasteiger charge is -2.21. The molecule has 3 aromatic carbocycles. The van der Waals surface area contributed by atoms with Crippen LogP contribution in [0.2, 0.25) is 0 Å². The van der Waals surface area contributed by atoms with Crippen LogP contribution in [0.1, 0.15) is 33.3 Å². The molecular formula is C27H32FIN2O5S. The number of nitrogens with zero attached hydrogens (tertiary/aromatic N) is 1. The highest BCUT2D eigenvalue weighted by Gasteiger charge is 2.38. The lowest BCUT2D eigenvalue weighted by atomic mass is 10.1. The lowest BCUT2D eigenvalue weighted by Crippen LogP contribution is -2.30. The van der Waals surface area contributed by atoms with Crippen LogP contribution >= 0.6 is 22.6 Å². The third-order valence-corrected chi connectivity index (χ3v) is 8.33. The summed E-state index contributed by atoms with van der Waals surface area (Å²) in [6.07, 6.45) is 0. The third kappa shape index (κ3) is 7.70. The van der Waals surface area contributed by atoms with E-state index in [4.69, 9.17) is 9.47 Å². The van der Waals surface area contributed by atoms with Crippen LogP contribution in [0.25, 0.3) is 10.8 Å². The van der Waals surface area contributed by atoms with Gasteiger partial charge in [-0.2, -0.15) is 8.42 Å². The molecule has 7 nitrogen and oxygen atoms in total. The fourth-order valence-corrected chi connectivity index (χ4v) is 4.53. The van der Waals surface area contributed by atoms with E-state index in [9.17, 15) is 13.2 Å². The van der Waals surface area contributed by atoms with Crippen molar-refractivity contribution in [1.29, 1.82) is 0 Å².